The Morgan fingerprint density at radius 1 is 1.33 bits per heavy atom. The molecule has 9 heteroatoms. The van der Waals surface area contributed by atoms with E-state index in [0.29, 0.717) is 0 Å². The molecule has 2 unspecified atom stereocenters. The lowest BCUT2D eigenvalue weighted by Crippen LogP contribution is -2.30. The van der Waals surface area contributed by atoms with Gasteiger partial charge in [-0.3, -0.25) is 14.9 Å². The minimum atomic E-state index is -1.15. The molecule has 0 saturated carbocycles. The molecule has 9 nitrogen and oxygen atoms in total. The van der Waals surface area contributed by atoms with E-state index in [-0.39, 0.29) is 24.3 Å². The number of amides is 1. The zero-order chi connectivity index (χ0) is 15.6. The maximum Gasteiger partial charge on any atom is 0.332 e. The van der Waals surface area contributed by atoms with Gasteiger partial charge in [-0.2, -0.15) is 0 Å². The third-order valence-electron chi connectivity index (χ3n) is 3.02. The van der Waals surface area contributed by atoms with Gasteiger partial charge in [0, 0.05) is 0 Å². The Labute approximate surface area is 118 Å². The summed E-state index contributed by atoms with van der Waals surface area (Å²) in [5.74, 6) is -2.11. The summed E-state index contributed by atoms with van der Waals surface area (Å²) < 4.78 is 5.05. The van der Waals surface area contributed by atoms with Crippen molar-refractivity contribution in [2.45, 2.75) is 25.0 Å². The number of hydrogen-bond acceptors (Lipinski definition) is 6. The van der Waals surface area contributed by atoms with E-state index in [0.717, 1.165) is 6.07 Å². The van der Waals surface area contributed by atoms with Gasteiger partial charge in [-0.25, -0.2) is 4.79 Å². The second-order valence-corrected chi connectivity index (χ2v) is 4.48. The number of carbonyl (C=O) groups excluding carboxylic acids is 1. The van der Waals surface area contributed by atoms with Gasteiger partial charge < -0.3 is 20.3 Å². The van der Waals surface area contributed by atoms with Crippen LogP contribution in [0.1, 0.15) is 12.8 Å². The summed E-state index contributed by atoms with van der Waals surface area (Å²) in [7, 11) is 0. The maximum absolute atomic E-state index is 11.9. The molecule has 0 aliphatic carbocycles. The highest BCUT2D eigenvalue weighted by Crippen LogP contribution is 2.29. The first-order valence-electron chi connectivity index (χ1n) is 6.05. The van der Waals surface area contributed by atoms with Gasteiger partial charge in [-0.15, -0.1) is 0 Å². The molecule has 0 radical (unpaired) electrons. The molecule has 0 aromatic heterocycles. The molecule has 1 aromatic rings. The lowest BCUT2D eigenvalue weighted by Gasteiger charge is -2.12. The molecule has 2 atom stereocenters. The first kappa shape index (κ1) is 14.7. The molecule has 21 heavy (non-hydrogen) atoms. The van der Waals surface area contributed by atoms with E-state index in [1.807, 2.05) is 0 Å². The Morgan fingerprint density at radius 3 is 2.57 bits per heavy atom. The van der Waals surface area contributed by atoms with Crippen molar-refractivity contribution in [2.24, 2.45) is 0 Å². The lowest BCUT2D eigenvalue weighted by atomic mass is 10.2. The molecular weight excluding hydrogens is 284 g/mol. The summed E-state index contributed by atoms with van der Waals surface area (Å²) in [4.78, 5) is 32.8. The Kier molecular flexibility index (Phi) is 4.03. The molecule has 1 aliphatic heterocycles. The van der Waals surface area contributed by atoms with Crippen LogP contribution in [0.15, 0.2) is 18.2 Å². The van der Waals surface area contributed by atoms with E-state index in [2.05, 4.69) is 5.32 Å². The van der Waals surface area contributed by atoms with Gasteiger partial charge in [0.25, 0.3) is 11.6 Å². The number of phenolic OH excluding ortho intramolecular Hbond substituents is 1. The summed E-state index contributed by atoms with van der Waals surface area (Å²) in [6, 6.07) is 3.29. The van der Waals surface area contributed by atoms with Crippen LogP contribution in [-0.4, -0.2) is 39.2 Å². The summed E-state index contributed by atoms with van der Waals surface area (Å²) >= 11 is 0. The topological polar surface area (TPSA) is 139 Å². The number of rotatable bonds is 4. The number of aliphatic carboxylic acids is 1. The number of anilines is 1. The standard InChI is InChI=1S/C12H12N2O7/c15-6-1-2-7(8(5-6)14(19)20)13-11(16)9-3-4-10(21-9)12(17)18/h1-2,5,9-10,15H,3-4H2,(H,13,16)(H,17,18). The molecule has 1 heterocycles. The number of carboxylic acid groups (broad SMARTS) is 1. The van der Waals surface area contributed by atoms with Crippen LogP contribution in [-0.2, 0) is 14.3 Å². The molecule has 1 amide bonds. The highest BCUT2D eigenvalue weighted by atomic mass is 16.6. The predicted octanol–water partition coefficient (Wildman–Crippen LogP) is 0.871. The quantitative estimate of drug-likeness (QED) is 0.425. The number of benzene rings is 1. The number of ether oxygens (including phenoxy) is 1. The third kappa shape index (κ3) is 3.26. The van der Waals surface area contributed by atoms with Gasteiger partial charge in [-0.05, 0) is 25.0 Å². The third-order valence-corrected chi connectivity index (χ3v) is 3.02. The van der Waals surface area contributed by atoms with Crippen molar-refractivity contribution in [3.8, 4) is 5.75 Å². The van der Waals surface area contributed by atoms with Crippen molar-refractivity contribution < 1.29 is 29.5 Å². The minimum Gasteiger partial charge on any atom is -0.508 e. The van der Waals surface area contributed by atoms with Gasteiger partial charge in [0.2, 0.25) is 0 Å². The fourth-order valence-corrected chi connectivity index (χ4v) is 2.00. The molecule has 1 aliphatic rings. The fourth-order valence-electron chi connectivity index (χ4n) is 2.00. The van der Waals surface area contributed by atoms with Crippen LogP contribution in [0.3, 0.4) is 0 Å². The molecule has 112 valence electrons. The summed E-state index contributed by atoms with van der Waals surface area (Å²) in [6.07, 6.45) is -1.60. The van der Waals surface area contributed by atoms with Gasteiger partial charge in [-0.1, -0.05) is 0 Å². The Balaban J connectivity index is 2.10. The maximum atomic E-state index is 11.9. The smallest absolute Gasteiger partial charge is 0.332 e. The number of carbonyl (C=O) groups is 2. The molecule has 0 spiro atoms. The first-order chi connectivity index (χ1) is 9.88. The monoisotopic (exact) mass is 296 g/mol. The average Bonchev–Trinajstić information content (AvgIpc) is 2.90. The average molecular weight is 296 g/mol. The largest absolute Gasteiger partial charge is 0.508 e. The van der Waals surface area contributed by atoms with Crippen LogP contribution in [0.2, 0.25) is 0 Å². The van der Waals surface area contributed by atoms with Crippen molar-refractivity contribution in [1.29, 1.82) is 0 Å². The summed E-state index contributed by atoms with van der Waals surface area (Å²) in [5.41, 5.74) is -0.554. The number of nitrogens with one attached hydrogen (secondary N) is 1. The van der Waals surface area contributed by atoms with Crippen LogP contribution in [0.4, 0.5) is 11.4 Å². The van der Waals surface area contributed by atoms with Crippen LogP contribution < -0.4 is 5.32 Å². The Morgan fingerprint density at radius 2 is 2.00 bits per heavy atom. The zero-order valence-electron chi connectivity index (χ0n) is 10.7. The molecular formula is C12H12N2O7. The number of nitro benzene ring substituents is 1. The first-order valence-corrected chi connectivity index (χ1v) is 6.05. The van der Waals surface area contributed by atoms with Gasteiger partial charge in [0.15, 0.2) is 6.10 Å². The number of hydrogen-bond donors (Lipinski definition) is 3. The molecule has 3 N–H and O–H groups in total. The van der Waals surface area contributed by atoms with E-state index >= 15 is 0 Å². The second-order valence-electron chi connectivity index (χ2n) is 4.48. The Hall–Kier alpha value is -2.68. The molecule has 1 aromatic carbocycles. The predicted molar refractivity (Wildman–Crippen MR) is 68.9 cm³/mol. The summed E-state index contributed by atoms with van der Waals surface area (Å²) in [5, 5.41) is 31.2. The van der Waals surface area contributed by atoms with Crippen molar-refractivity contribution in [1.82, 2.24) is 0 Å². The van der Waals surface area contributed by atoms with Crippen molar-refractivity contribution in [2.75, 3.05) is 5.32 Å². The van der Waals surface area contributed by atoms with Crippen molar-refractivity contribution in [3.05, 3.63) is 28.3 Å². The van der Waals surface area contributed by atoms with Crippen LogP contribution in [0, 0.1) is 10.1 Å². The number of nitro groups is 1. The highest BCUT2D eigenvalue weighted by molar-refractivity contribution is 5.96. The van der Waals surface area contributed by atoms with E-state index in [1.165, 1.54) is 12.1 Å². The zero-order valence-corrected chi connectivity index (χ0v) is 10.7. The number of aromatic hydroxyl groups is 1. The minimum absolute atomic E-state index is 0.0924. The van der Waals surface area contributed by atoms with E-state index in [1.54, 1.807) is 0 Å². The normalized spacial score (nSPS) is 21.0. The number of carboxylic acids is 1. The van der Waals surface area contributed by atoms with Crippen LogP contribution in [0.25, 0.3) is 0 Å². The van der Waals surface area contributed by atoms with E-state index in [9.17, 15) is 24.8 Å². The van der Waals surface area contributed by atoms with Gasteiger partial charge >= 0.3 is 5.97 Å². The van der Waals surface area contributed by atoms with Gasteiger partial charge in [0.1, 0.15) is 17.5 Å². The Bertz CT molecular complexity index is 601. The molecule has 1 saturated heterocycles. The van der Waals surface area contributed by atoms with Crippen molar-refractivity contribution in [3.63, 3.8) is 0 Å². The van der Waals surface area contributed by atoms with E-state index in [4.69, 9.17) is 9.84 Å². The van der Waals surface area contributed by atoms with Gasteiger partial charge in [0.05, 0.1) is 11.0 Å². The van der Waals surface area contributed by atoms with Crippen LogP contribution >= 0.6 is 0 Å². The molecule has 2 rings (SSSR count). The number of nitrogens with zero attached hydrogens (tertiary/aromatic N) is 1. The second kappa shape index (κ2) is 5.75. The van der Waals surface area contributed by atoms with E-state index < -0.39 is 34.7 Å². The fraction of sp³-hybridized carbons (Fsp3) is 0.333. The van der Waals surface area contributed by atoms with Crippen molar-refractivity contribution >= 4 is 23.3 Å². The molecule has 1 fully saturated rings. The highest BCUT2D eigenvalue weighted by Gasteiger charge is 2.35. The number of phenols is 1. The molecule has 0 bridgehead atoms. The van der Waals surface area contributed by atoms with Crippen LogP contribution in [0.5, 0.6) is 5.75 Å². The summed E-state index contributed by atoms with van der Waals surface area (Å²) in [6.45, 7) is 0. The SMILES string of the molecule is O=C(O)C1CCC(C(=O)Nc2ccc(O)cc2[N+](=O)[O-])O1. The lowest BCUT2D eigenvalue weighted by molar-refractivity contribution is -0.384.